The molecule has 0 radical (unpaired) electrons. The van der Waals surface area contributed by atoms with Crippen LogP contribution in [0.2, 0.25) is 0 Å². The third-order valence-corrected chi connectivity index (χ3v) is 5.36. The molecule has 0 amide bonds. The Hall–Kier alpha value is -3.19. The molecule has 2 aromatic rings. The van der Waals surface area contributed by atoms with Gasteiger partial charge in [-0.05, 0) is 18.2 Å². The lowest BCUT2D eigenvalue weighted by Crippen LogP contribution is -2.27. The summed E-state index contributed by atoms with van der Waals surface area (Å²) in [4.78, 5) is 25.7. The SMILES string of the molecule is O=C1c2c(O)ccc(O)c2C(=O)c2c(NCCO)c(S(=O)(=O)O)cc(NCCO)c21. The molecule has 1 aliphatic rings. The summed E-state index contributed by atoms with van der Waals surface area (Å²) in [5.41, 5.74) is -2.42. The fraction of sp³-hybridized carbons (Fsp3) is 0.222. The summed E-state index contributed by atoms with van der Waals surface area (Å²) in [6, 6.07) is 2.94. The molecule has 1 aliphatic carbocycles. The maximum absolute atomic E-state index is 13.2. The van der Waals surface area contributed by atoms with Crippen molar-refractivity contribution in [1.29, 1.82) is 0 Å². The van der Waals surface area contributed by atoms with Gasteiger partial charge in [0, 0.05) is 18.8 Å². The number of phenolic OH excluding ortho intramolecular Hbond substituents is 2. The van der Waals surface area contributed by atoms with Crippen LogP contribution in [-0.2, 0) is 10.1 Å². The molecular weight excluding hydrogens is 420 g/mol. The van der Waals surface area contributed by atoms with Gasteiger partial charge in [0.15, 0.2) is 0 Å². The number of rotatable bonds is 7. The highest BCUT2D eigenvalue weighted by Gasteiger charge is 2.40. The minimum Gasteiger partial charge on any atom is -0.507 e. The Morgan fingerprint density at radius 3 is 1.80 bits per heavy atom. The number of ketones is 2. The van der Waals surface area contributed by atoms with Gasteiger partial charge < -0.3 is 31.1 Å². The van der Waals surface area contributed by atoms with E-state index in [2.05, 4.69) is 10.6 Å². The smallest absolute Gasteiger partial charge is 0.296 e. The lowest BCUT2D eigenvalue weighted by atomic mass is 9.81. The van der Waals surface area contributed by atoms with Gasteiger partial charge in [0.05, 0.1) is 41.2 Å². The van der Waals surface area contributed by atoms with E-state index in [-0.39, 0.29) is 24.3 Å². The Bertz CT molecular complexity index is 1160. The third kappa shape index (κ3) is 3.45. The van der Waals surface area contributed by atoms with Gasteiger partial charge in [0.2, 0.25) is 11.6 Å². The first-order valence-corrected chi connectivity index (χ1v) is 10.1. The number of anilines is 2. The predicted molar refractivity (Wildman–Crippen MR) is 104 cm³/mol. The predicted octanol–water partition coefficient (Wildman–Crippen LogP) is -0.0717. The molecule has 7 N–H and O–H groups in total. The zero-order valence-electron chi connectivity index (χ0n) is 15.3. The molecule has 12 heteroatoms. The Morgan fingerprint density at radius 1 is 0.800 bits per heavy atom. The van der Waals surface area contributed by atoms with Crippen LogP contribution in [0.25, 0.3) is 0 Å². The van der Waals surface area contributed by atoms with Crippen LogP contribution in [0, 0.1) is 0 Å². The highest BCUT2D eigenvalue weighted by Crippen LogP contribution is 2.44. The van der Waals surface area contributed by atoms with Crippen LogP contribution in [0.4, 0.5) is 11.4 Å². The number of fused-ring (bicyclic) bond motifs is 2. The average Bonchev–Trinajstić information content (AvgIpc) is 2.69. The van der Waals surface area contributed by atoms with Crippen molar-refractivity contribution in [3.8, 4) is 11.5 Å². The molecule has 0 spiro atoms. The lowest BCUT2D eigenvalue weighted by molar-refractivity contribution is 0.0975. The Kier molecular flexibility index (Phi) is 5.67. The Balaban J connectivity index is 2.45. The van der Waals surface area contributed by atoms with Gasteiger partial charge in [-0.15, -0.1) is 0 Å². The topological polar surface area (TPSA) is 193 Å². The van der Waals surface area contributed by atoms with Gasteiger partial charge in [-0.3, -0.25) is 14.1 Å². The van der Waals surface area contributed by atoms with E-state index in [0.29, 0.717) is 0 Å². The summed E-state index contributed by atoms with van der Waals surface area (Å²) in [5.74, 6) is -3.04. The summed E-state index contributed by atoms with van der Waals surface area (Å²) in [7, 11) is -4.90. The number of hydrogen-bond donors (Lipinski definition) is 7. The molecular formula is C18H18N2O9S. The highest BCUT2D eigenvalue weighted by molar-refractivity contribution is 7.86. The van der Waals surface area contributed by atoms with Crippen LogP contribution in [-0.4, -0.2) is 71.3 Å². The molecule has 2 aromatic carbocycles. The number of aliphatic hydroxyl groups is 2. The third-order valence-electron chi connectivity index (χ3n) is 4.48. The molecule has 0 unspecified atom stereocenters. The normalized spacial score (nSPS) is 13.0. The number of aliphatic hydroxyl groups excluding tert-OH is 2. The molecule has 0 heterocycles. The number of hydrogen-bond acceptors (Lipinski definition) is 10. The van der Waals surface area contributed by atoms with E-state index in [1.54, 1.807) is 0 Å². The van der Waals surface area contributed by atoms with Crippen molar-refractivity contribution >= 4 is 33.1 Å². The van der Waals surface area contributed by atoms with Gasteiger partial charge >= 0.3 is 0 Å². The first-order valence-electron chi connectivity index (χ1n) is 8.65. The molecule has 160 valence electrons. The standard InChI is InChI=1S/C18H18N2O9S/c21-5-3-19-8-7-11(30(27,28)29)16(20-4-6-22)15-12(8)17(25)13-9(23)1-2-10(24)14(13)18(15)26/h1-2,7,19-24H,3-6H2,(H,27,28,29). The molecule has 0 saturated heterocycles. The Labute approximate surface area is 170 Å². The number of benzene rings is 2. The number of carbonyl (C=O) groups excluding carboxylic acids is 2. The van der Waals surface area contributed by atoms with Gasteiger partial charge in [-0.2, -0.15) is 8.42 Å². The molecule has 3 rings (SSSR count). The molecule has 0 atom stereocenters. The molecule has 0 aliphatic heterocycles. The quantitative estimate of drug-likeness (QED) is 0.193. The molecule has 0 aromatic heterocycles. The fourth-order valence-electron chi connectivity index (χ4n) is 3.30. The van der Waals surface area contributed by atoms with E-state index >= 15 is 0 Å². The van der Waals surface area contributed by atoms with Crippen molar-refractivity contribution in [2.75, 3.05) is 36.9 Å². The first-order chi connectivity index (χ1) is 14.1. The summed E-state index contributed by atoms with van der Waals surface area (Å²) in [6.45, 7) is -1.21. The van der Waals surface area contributed by atoms with Crippen molar-refractivity contribution in [2.24, 2.45) is 0 Å². The molecule has 30 heavy (non-hydrogen) atoms. The summed E-state index contributed by atoms with van der Waals surface area (Å²) < 4.78 is 33.6. The van der Waals surface area contributed by atoms with E-state index in [1.165, 1.54) is 0 Å². The highest BCUT2D eigenvalue weighted by atomic mass is 32.2. The van der Waals surface area contributed by atoms with Crippen molar-refractivity contribution < 1.29 is 43.0 Å². The Morgan fingerprint density at radius 2 is 1.30 bits per heavy atom. The molecule has 0 saturated carbocycles. The first kappa shape index (κ1) is 21.5. The monoisotopic (exact) mass is 438 g/mol. The zero-order valence-corrected chi connectivity index (χ0v) is 16.2. The fourth-order valence-corrected chi connectivity index (χ4v) is 4.00. The van der Waals surface area contributed by atoms with E-state index in [9.17, 15) is 32.8 Å². The van der Waals surface area contributed by atoms with Gasteiger partial charge in [-0.1, -0.05) is 0 Å². The number of nitrogens with one attached hydrogen (secondary N) is 2. The molecule has 11 nitrogen and oxygen atoms in total. The van der Waals surface area contributed by atoms with Crippen molar-refractivity contribution in [3.63, 3.8) is 0 Å². The summed E-state index contributed by atoms with van der Waals surface area (Å²) >= 11 is 0. The number of phenols is 2. The van der Waals surface area contributed by atoms with E-state index < -0.39 is 73.7 Å². The van der Waals surface area contributed by atoms with Crippen molar-refractivity contribution in [3.05, 3.63) is 40.5 Å². The van der Waals surface area contributed by atoms with Crippen LogP contribution in [0.1, 0.15) is 31.8 Å². The molecule has 0 bridgehead atoms. The second-order valence-corrected chi connectivity index (χ2v) is 7.73. The number of aromatic hydroxyl groups is 2. The molecule has 0 fully saturated rings. The number of carbonyl (C=O) groups is 2. The average molecular weight is 438 g/mol. The summed E-state index contributed by atoms with van der Waals surface area (Å²) in [6.07, 6.45) is 0. The van der Waals surface area contributed by atoms with Crippen molar-refractivity contribution in [1.82, 2.24) is 0 Å². The van der Waals surface area contributed by atoms with Crippen LogP contribution in [0.5, 0.6) is 11.5 Å². The van der Waals surface area contributed by atoms with Crippen molar-refractivity contribution in [2.45, 2.75) is 4.90 Å². The maximum Gasteiger partial charge on any atom is 0.296 e. The minimum atomic E-state index is -4.90. The van der Waals surface area contributed by atoms with Gasteiger partial charge in [-0.25, -0.2) is 0 Å². The minimum absolute atomic E-state index is 0.124. The van der Waals surface area contributed by atoms with Gasteiger partial charge in [0.1, 0.15) is 16.4 Å². The largest absolute Gasteiger partial charge is 0.507 e. The van der Waals surface area contributed by atoms with E-state index in [1.807, 2.05) is 0 Å². The van der Waals surface area contributed by atoms with Crippen LogP contribution in [0.3, 0.4) is 0 Å². The maximum atomic E-state index is 13.2. The lowest BCUT2D eigenvalue weighted by Gasteiger charge is -2.26. The zero-order chi connectivity index (χ0) is 22.2. The van der Waals surface area contributed by atoms with Crippen LogP contribution in [0.15, 0.2) is 23.1 Å². The van der Waals surface area contributed by atoms with Crippen LogP contribution >= 0.6 is 0 Å². The van der Waals surface area contributed by atoms with E-state index in [4.69, 9.17) is 10.2 Å². The van der Waals surface area contributed by atoms with Gasteiger partial charge in [0.25, 0.3) is 10.1 Å². The second kappa shape index (κ2) is 7.91. The van der Waals surface area contributed by atoms with Crippen LogP contribution < -0.4 is 10.6 Å². The second-order valence-electron chi connectivity index (χ2n) is 6.34. The van der Waals surface area contributed by atoms with E-state index in [0.717, 1.165) is 18.2 Å². The summed E-state index contributed by atoms with van der Waals surface area (Å²) in [5, 5.41) is 43.6.